The minimum atomic E-state index is -2.55. The fourth-order valence-corrected chi connectivity index (χ4v) is 2.95. The SMILES string of the molecule is CCCCCCCCCCCC(C(=O)O)C(O)(CCC(=O)O)C(=O)O. The van der Waals surface area contributed by atoms with Gasteiger partial charge in [-0.2, -0.15) is 0 Å². The first kappa shape index (κ1) is 23.4. The molecule has 0 heterocycles. The van der Waals surface area contributed by atoms with E-state index in [9.17, 15) is 29.7 Å². The van der Waals surface area contributed by atoms with Crippen LogP contribution in [0.25, 0.3) is 0 Å². The molecule has 0 saturated heterocycles. The van der Waals surface area contributed by atoms with Crippen LogP contribution >= 0.6 is 0 Å². The van der Waals surface area contributed by atoms with Crippen LogP contribution in [0.4, 0.5) is 0 Å². The number of carboxylic acid groups (broad SMARTS) is 3. The molecule has 2 unspecified atom stereocenters. The van der Waals surface area contributed by atoms with E-state index in [2.05, 4.69) is 6.92 Å². The van der Waals surface area contributed by atoms with Gasteiger partial charge in [-0.1, -0.05) is 64.7 Å². The van der Waals surface area contributed by atoms with Crippen LogP contribution in [0.2, 0.25) is 0 Å². The van der Waals surface area contributed by atoms with Crippen LogP contribution in [-0.2, 0) is 14.4 Å². The quantitative estimate of drug-likeness (QED) is 0.310. The van der Waals surface area contributed by atoms with Crippen LogP contribution in [-0.4, -0.2) is 43.9 Å². The van der Waals surface area contributed by atoms with Crippen molar-refractivity contribution in [1.29, 1.82) is 0 Å². The summed E-state index contributed by atoms with van der Waals surface area (Å²) in [4.78, 5) is 33.4. The van der Waals surface area contributed by atoms with Crippen LogP contribution in [0.15, 0.2) is 0 Å². The Morgan fingerprint density at radius 2 is 1.32 bits per heavy atom. The lowest BCUT2D eigenvalue weighted by Gasteiger charge is -2.29. The first-order valence-corrected chi connectivity index (χ1v) is 9.16. The summed E-state index contributed by atoms with van der Waals surface area (Å²) in [6.07, 6.45) is 8.08. The highest BCUT2D eigenvalue weighted by molar-refractivity contribution is 5.86. The standard InChI is InChI=1S/C18H32O7/c1-2-3-4-5-6-7-8-9-10-11-14(16(21)22)18(25,17(23)24)13-12-15(19)20/h14,25H,2-13H2,1H3,(H,19,20)(H,21,22)(H,23,24). The highest BCUT2D eigenvalue weighted by atomic mass is 16.4. The van der Waals surface area contributed by atoms with E-state index in [0.29, 0.717) is 6.42 Å². The predicted molar refractivity (Wildman–Crippen MR) is 92.4 cm³/mol. The normalized spacial score (nSPS) is 14.6. The molecule has 0 bridgehead atoms. The van der Waals surface area contributed by atoms with Crippen molar-refractivity contribution >= 4 is 17.9 Å². The van der Waals surface area contributed by atoms with Crippen molar-refractivity contribution < 1.29 is 34.8 Å². The van der Waals surface area contributed by atoms with Crippen LogP contribution in [0, 0.1) is 5.92 Å². The first-order chi connectivity index (χ1) is 11.8. The van der Waals surface area contributed by atoms with Gasteiger partial charge in [0.2, 0.25) is 0 Å². The lowest BCUT2D eigenvalue weighted by atomic mass is 9.80. The van der Waals surface area contributed by atoms with Crippen LogP contribution in [0.1, 0.15) is 84.0 Å². The summed E-state index contributed by atoms with van der Waals surface area (Å²) >= 11 is 0. The molecule has 7 nitrogen and oxygen atoms in total. The zero-order chi connectivity index (χ0) is 19.3. The topological polar surface area (TPSA) is 132 Å². The highest BCUT2D eigenvalue weighted by Gasteiger charge is 2.47. The van der Waals surface area contributed by atoms with Crippen molar-refractivity contribution in [2.45, 2.75) is 89.6 Å². The Bertz CT molecular complexity index is 422. The third-order valence-electron chi connectivity index (χ3n) is 4.56. The number of carboxylic acids is 3. The molecule has 0 aliphatic heterocycles. The summed E-state index contributed by atoms with van der Waals surface area (Å²) in [5.41, 5.74) is -2.55. The number of rotatable bonds is 16. The van der Waals surface area contributed by atoms with Gasteiger partial charge in [0.1, 0.15) is 0 Å². The molecule has 0 spiro atoms. The monoisotopic (exact) mass is 360 g/mol. The van der Waals surface area contributed by atoms with Crippen LogP contribution in [0.5, 0.6) is 0 Å². The molecule has 0 aromatic carbocycles. The Hall–Kier alpha value is -1.63. The third kappa shape index (κ3) is 9.43. The molecule has 7 heteroatoms. The molecule has 0 aliphatic carbocycles. The molecule has 4 N–H and O–H groups in total. The Morgan fingerprint density at radius 1 is 0.840 bits per heavy atom. The molecule has 0 aromatic heterocycles. The zero-order valence-electron chi connectivity index (χ0n) is 15.1. The van der Waals surface area contributed by atoms with E-state index in [1.54, 1.807) is 0 Å². The van der Waals surface area contributed by atoms with Gasteiger partial charge in [0.25, 0.3) is 0 Å². The molecular formula is C18H32O7. The Morgan fingerprint density at radius 3 is 1.72 bits per heavy atom. The maximum absolute atomic E-state index is 11.4. The number of carbonyl (C=O) groups is 3. The maximum atomic E-state index is 11.4. The highest BCUT2D eigenvalue weighted by Crippen LogP contribution is 2.29. The minimum absolute atomic E-state index is 0.0214. The fourth-order valence-electron chi connectivity index (χ4n) is 2.95. The molecule has 25 heavy (non-hydrogen) atoms. The number of hydrogen-bond donors (Lipinski definition) is 4. The third-order valence-corrected chi connectivity index (χ3v) is 4.56. The number of aliphatic carboxylic acids is 3. The van der Waals surface area contributed by atoms with Crippen molar-refractivity contribution in [2.24, 2.45) is 5.92 Å². The van der Waals surface area contributed by atoms with E-state index >= 15 is 0 Å². The van der Waals surface area contributed by atoms with Gasteiger partial charge in [0.15, 0.2) is 5.60 Å². The van der Waals surface area contributed by atoms with Crippen molar-refractivity contribution in [1.82, 2.24) is 0 Å². The van der Waals surface area contributed by atoms with Gasteiger partial charge in [-0.3, -0.25) is 9.59 Å². The second-order valence-corrected chi connectivity index (χ2v) is 6.63. The molecule has 0 rings (SSSR count). The first-order valence-electron chi connectivity index (χ1n) is 9.16. The molecule has 146 valence electrons. The second-order valence-electron chi connectivity index (χ2n) is 6.63. The molecule has 0 amide bonds. The van der Waals surface area contributed by atoms with Gasteiger partial charge in [-0.15, -0.1) is 0 Å². The van der Waals surface area contributed by atoms with E-state index in [0.717, 1.165) is 25.7 Å². The lowest BCUT2D eigenvalue weighted by molar-refractivity contribution is -0.176. The number of unbranched alkanes of at least 4 members (excludes halogenated alkanes) is 8. The van der Waals surface area contributed by atoms with Crippen molar-refractivity contribution in [3.8, 4) is 0 Å². The minimum Gasteiger partial charge on any atom is -0.481 e. The molecular weight excluding hydrogens is 328 g/mol. The van der Waals surface area contributed by atoms with Crippen molar-refractivity contribution in [3.63, 3.8) is 0 Å². The summed E-state index contributed by atoms with van der Waals surface area (Å²) in [5.74, 6) is -5.87. The van der Waals surface area contributed by atoms with Gasteiger partial charge in [-0.25, -0.2) is 4.79 Å². The van der Waals surface area contributed by atoms with Gasteiger partial charge in [-0.05, 0) is 12.8 Å². The predicted octanol–water partition coefficient (Wildman–Crippen LogP) is 3.29. The average molecular weight is 360 g/mol. The Balaban J connectivity index is 4.36. The average Bonchev–Trinajstić information content (AvgIpc) is 2.54. The summed E-state index contributed by atoms with van der Waals surface area (Å²) < 4.78 is 0. The largest absolute Gasteiger partial charge is 0.481 e. The molecule has 0 saturated carbocycles. The lowest BCUT2D eigenvalue weighted by Crippen LogP contribution is -2.49. The van der Waals surface area contributed by atoms with Crippen molar-refractivity contribution in [3.05, 3.63) is 0 Å². The molecule has 0 fully saturated rings. The molecule has 0 aliphatic rings. The Kier molecular flexibility index (Phi) is 11.9. The van der Waals surface area contributed by atoms with Crippen molar-refractivity contribution in [2.75, 3.05) is 0 Å². The van der Waals surface area contributed by atoms with Gasteiger partial charge < -0.3 is 20.4 Å². The second kappa shape index (κ2) is 12.7. The Labute approximate surface area is 149 Å². The summed E-state index contributed by atoms with van der Waals surface area (Å²) in [6.45, 7) is 2.16. The molecule has 0 aromatic rings. The van der Waals surface area contributed by atoms with Gasteiger partial charge in [0, 0.05) is 6.42 Å². The summed E-state index contributed by atoms with van der Waals surface area (Å²) in [5, 5.41) is 37.4. The van der Waals surface area contributed by atoms with E-state index in [1.807, 2.05) is 0 Å². The summed E-state index contributed by atoms with van der Waals surface area (Å²) in [6, 6.07) is 0. The van der Waals surface area contributed by atoms with Gasteiger partial charge in [0.05, 0.1) is 5.92 Å². The molecule has 0 radical (unpaired) electrons. The zero-order valence-corrected chi connectivity index (χ0v) is 15.1. The van der Waals surface area contributed by atoms with E-state index in [-0.39, 0.29) is 6.42 Å². The van der Waals surface area contributed by atoms with Crippen LogP contribution < -0.4 is 0 Å². The van der Waals surface area contributed by atoms with E-state index in [4.69, 9.17) is 5.11 Å². The smallest absolute Gasteiger partial charge is 0.336 e. The van der Waals surface area contributed by atoms with E-state index in [1.165, 1.54) is 25.7 Å². The summed E-state index contributed by atoms with van der Waals surface area (Å²) in [7, 11) is 0. The fraction of sp³-hybridized carbons (Fsp3) is 0.833. The number of hydrogen-bond acceptors (Lipinski definition) is 4. The maximum Gasteiger partial charge on any atom is 0.336 e. The van der Waals surface area contributed by atoms with E-state index < -0.39 is 42.3 Å². The van der Waals surface area contributed by atoms with Gasteiger partial charge >= 0.3 is 17.9 Å². The molecule has 2 atom stereocenters. The number of aliphatic hydroxyl groups is 1. The van der Waals surface area contributed by atoms with Crippen LogP contribution in [0.3, 0.4) is 0 Å².